The number of rotatable bonds is 5. The lowest BCUT2D eigenvalue weighted by molar-refractivity contribution is 0.0657. The zero-order valence-corrected chi connectivity index (χ0v) is 13.4. The van der Waals surface area contributed by atoms with Crippen LogP contribution in [0, 0.1) is 13.8 Å². The molecule has 1 aliphatic carbocycles. The summed E-state index contributed by atoms with van der Waals surface area (Å²) < 4.78 is 5.53. The highest BCUT2D eigenvalue weighted by Crippen LogP contribution is 2.25. The fourth-order valence-electron chi connectivity index (χ4n) is 3.28. The van der Waals surface area contributed by atoms with Crippen molar-refractivity contribution in [2.24, 2.45) is 5.73 Å². The Hall–Kier alpha value is -1.29. The van der Waals surface area contributed by atoms with Crippen LogP contribution in [0.1, 0.15) is 66.8 Å². The van der Waals surface area contributed by atoms with Crippen molar-refractivity contribution in [1.82, 2.24) is 4.90 Å². The average Bonchev–Trinajstić information content (AvgIpc) is 2.68. The molecule has 0 radical (unpaired) electrons. The van der Waals surface area contributed by atoms with E-state index in [0.717, 1.165) is 37.3 Å². The molecule has 0 aromatic carbocycles. The summed E-state index contributed by atoms with van der Waals surface area (Å²) in [6.45, 7) is 5.14. The maximum Gasteiger partial charge on any atom is 0.257 e. The minimum atomic E-state index is 0.115. The van der Waals surface area contributed by atoms with Gasteiger partial charge in [0.1, 0.15) is 11.5 Å². The van der Waals surface area contributed by atoms with E-state index in [-0.39, 0.29) is 5.91 Å². The zero-order chi connectivity index (χ0) is 15.2. The second-order valence-electron chi connectivity index (χ2n) is 6.11. The van der Waals surface area contributed by atoms with Gasteiger partial charge < -0.3 is 15.1 Å². The van der Waals surface area contributed by atoms with Crippen LogP contribution in [-0.2, 0) is 0 Å². The van der Waals surface area contributed by atoms with Crippen LogP contribution in [0.4, 0.5) is 0 Å². The fraction of sp³-hybridized carbons (Fsp3) is 0.706. The first kappa shape index (κ1) is 16.1. The highest BCUT2D eigenvalue weighted by Gasteiger charge is 2.27. The molecule has 1 heterocycles. The van der Waals surface area contributed by atoms with Gasteiger partial charge in [0.2, 0.25) is 0 Å². The van der Waals surface area contributed by atoms with E-state index >= 15 is 0 Å². The zero-order valence-electron chi connectivity index (χ0n) is 13.4. The van der Waals surface area contributed by atoms with Gasteiger partial charge in [0.15, 0.2) is 0 Å². The van der Waals surface area contributed by atoms with Crippen molar-refractivity contribution in [3.8, 4) is 0 Å². The number of carbonyl (C=O) groups is 1. The summed E-state index contributed by atoms with van der Waals surface area (Å²) in [4.78, 5) is 15.0. The predicted molar refractivity (Wildman–Crippen MR) is 84.4 cm³/mol. The largest absolute Gasteiger partial charge is 0.466 e. The van der Waals surface area contributed by atoms with Crippen molar-refractivity contribution >= 4 is 5.91 Å². The first-order valence-corrected chi connectivity index (χ1v) is 8.21. The van der Waals surface area contributed by atoms with Crippen LogP contribution in [-0.4, -0.2) is 29.9 Å². The van der Waals surface area contributed by atoms with Gasteiger partial charge in [-0.25, -0.2) is 0 Å². The minimum Gasteiger partial charge on any atom is -0.466 e. The number of aryl methyl sites for hydroxylation is 2. The molecular formula is C17H28N2O2. The summed E-state index contributed by atoms with van der Waals surface area (Å²) in [7, 11) is 0. The van der Waals surface area contributed by atoms with Crippen molar-refractivity contribution in [2.75, 3.05) is 13.1 Å². The standard InChI is InChI=1S/C17H28N2O2/c1-13-12-16(14(2)21-13)17(20)19(11-7-10-18)15-8-5-3-4-6-9-15/h12,15H,3-11,18H2,1-2H3. The molecule has 21 heavy (non-hydrogen) atoms. The molecule has 1 aliphatic rings. The van der Waals surface area contributed by atoms with Gasteiger partial charge in [-0.2, -0.15) is 0 Å². The Labute approximate surface area is 127 Å². The quantitative estimate of drug-likeness (QED) is 0.846. The molecule has 4 heteroatoms. The molecule has 0 bridgehead atoms. The Kier molecular flexibility index (Phi) is 5.85. The third-order valence-electron chi connectivity index (χ3n) is 4.40. The van der Waals surface area contributed by atoms with E-state index in [1.54, 1.807) is 0 Å². The van der Waals surface area contributed by atoms with Crippen molar-refractivity contribution in [2.45, 2.75) is 64.8 Å². The van der Waals surface area contributed by atoms with Crippen LogP contribution in [0.2, 0.25) is 0 Å². The minimum absolute atomic E-state index is 0.115. The van der Waals surface area contributed by atoms with Gasteiger partial charge in [-0.15, -0.1) is 0 Å². The smallest absolute Gasteiger partial charge is 0.257 e. The normalized spacial score (nSPS) is 16.7. The number of hydrogen-bond donors (Lipinski definition) is 1. The van der Waals surface area contributed by atoms with Crippen molar-refractivity contribution in [3.63, 3.8) is 0 Å². The molecule has 1 fully saturated rings. The third-order valence-corrected chi connectivity index (χ3v) is 4.40. The SMILES string of the molecule is Cc1cc(C(=O)N(CCCN)C2CCCCCC2)c(C)o1. The topological polar surface area (TPSA) is 59.5 Å². The molecule has 2 N–H and O–H groups in total. The summed E-state index contributed by atoms with van der Waals surface area (Å²) in [6, 6.07) is 2.23. The van der Waals surface area contributed by atoms with Gasteiger partial charge in [0, 0.05) is 12.6 Å². The Bertz CT molecular complexity index is 459. The van der Waals surface area contributed by atoms with Gasteiger partial charge in [-0.05, 0) is 45.7 Å². The van der Waals surface area contributed by atoms with Crippen LogP contribution in [0.15, 0.2) is 10.5 Å². The Balaban J connectivity index is 2.17. The Morgan fingerprint density at radius 1 is 1.29 bits per heavy atom. The molecule has 0 unspecified atom stereocenters. The number of furan rings is 1. The van der Waals surface area contributed by atoms with Crippen LogP contribution in [0.3, 0.4) is 0 Å². The number of amides is 1. The molecule has 1 amide bonds. The molecule has 118 valence electrons. The highest BCUT2D eigenvalue weighted by atomic mass is 16.3. The highest BCUT2D eigenvalue weighted by molar-refractivity contribution is 5.95. The van der Waals surface area contributed by atoms with Gasteiger partial charge in [-0.1, -0.05) is 25.7 Å². The van der Waals surface area contributed by atoms with E-state index in [1.807, 2.05) is 19.9 Å². The summed E-state index contributed by atoms with van der Waals surface area (Å²) in [5, 5.41) is 0. The number of nitrogens with two attached hydrogens (primary N) is 1. The lowest BCUT2D eigenvalue weighted by Gasteiger charge is -2.31. The molecular weight excluding hydrogens is 264 g/mol. The van der Waals surface area contributed by atoms with E-state index in [1.165, 1.54) is 25.7 Å². The monoisotopic (exact) mass is 292 g/mol. The molecule has 1 aromatic heterocycles. The lowest BCUT2D eigenvalue weighted by Crippen LogP contribution is -2.41. The average molecular weight is 292 g/mol. The molecule has 1 aromatic rings. The van der Waals surface area contributed by atoms with E-state index < -0.39 is 0 Å². The molecule has 0 saturated heterocycles. The van der Waals surface area contributed by atoms with Crippen molar-refractivity contribution < 1.29 is 9.21 Å². The molecule has 0 atom stereocenters. The third kappa shape index (κ3) is 4.10. The number of hydrogen-bond acceptors (Lipinski definition) is 3. The summed E-state index contributed by atoms with van der Waals surface area (Å²) in [5.41, 5.74) is 6.37. The maximum atomic E-state index is 12.9. The summed E-state index contributed by atoms with van der Waals surface area (Å²) in [5.74, 6) is 1.64. The first-order valence-electron chi connectivity index (χ1n) is 8.21. The Morgan fingerprint density at radius 3 is 2.48 bits per heavy atom. The van der Waals surface area contributed by atoms with E-state index in [9.17, 15) is 4.79 Å². The molecule has 4 nitrogen and oxygen atoms in total. The van der Waals surface area contributed by atoms with Crippen molar-refractivity contribution in [3.05, 3.63) is 23.2 Å². The van der Waals surface area contributed by atoms with Crippen LogP contribution >= 0.6 is 0 Å². The second-order valence-corrected chi connectivity index (χ2v) is 6.11. The summed E-state index contributed by atoms with van der Waals surface area (Å²) >= 11 is 0. The van der Waals surface area contributed by atoms with E-state index in [0.29, 0.717) is 18.2 Å². The number of nitrogens with zero attached hydrogens (tertiary/aromatic N) is 1. The van der Waals surface area contributed by atoms with Crippen LogP contribution in [0.5, 0.6) is 0 Å². The number of carbonyl (C=O) groups excluding carboxylic acids is 1. The Morgan fingerprint density at radius 2 is 1.95 bits per heavy atom. The van der Waals surface area contributed by atoms with Gasteiger partial charge >= 0.3 is 0 Å². The second kappa shape index (κ2) is 7.64. The van der Waals surface area contributed by atoms with Gasteiger partial charge in [0.05, 0.1) is 5.56 Å². The summed E-state index contributed by atoms with van der Waals surface area (Å²) in [6.07, 6.45) is 8.12. The predicted octanol–water partition coefficient (Wildman–Crippen LogP) is 3.41. The van der Waals surface area contributed by atoms with Gasteiger partial charge in [0.25, 0.3) is 5.91 Å². The molecule has 1 saturated carbocycles. The molecule has 0 aliphatic heterocycles. The maximum absolute atomic E-state index is 12.9. The van der Waals surface area contributed by atoms with Gasteiger partial charge in [-0.3, -0.25) is 4.79 Å². The van der Waals surface area contributed by atoms with Crippen LogP contribution in [0.25, 0.3) is 0 Å². The van der Waals surface area contributed by atoms with Crippen LogP contribution < -0.4 is 5.73 Å². The first-order chi connectivity index (χ1) is 10.1. The van der Waals surface area contributed by atoms with E-state index in [4.69, 9.17) is 10.2 Å². The molecule has 0 spiro atoms. The lowest BCUT2D eigenvalue weighted by atomic mass is 10.0. The van der Waals surface area contributed by atoms with Crippen molar-refractivity contribution in [1.29, 1.82) is 0 Å². The molecule has 2 rings (SSSR count). The van der Waals surface area contributed by atoms with E-state index in [2.05, 4.69) is 4.90 Å². The fourth-order valence-corrected chi connectivity index (χ4v) is 3.28.